The molecule has 0 bridgehead atoms. The second kappa shape index (κ2) is 6.39. The third kappa shape index (κ3) is 2.95. The highest BCUT2D eigenvalue weighted by Crippen LogP contribution is 2.32. The molecule has 1 N–H and O–H groups in total. The average molecular weight is 336 g/mol. The molecule has 0 saturated carbocycles. The van der Waals surface area contributed by atoms with Crippen LogP contribution in [0.25, 0.3) is 11.0 Å². The van der Waals surface area contributed by atoms with Gasteiger partial charge in [0.25, 0.3) is 0 Å². The number of nitrogens with one attached hydrogen (secondary N) is 1. The zero-order valence-corrected chi connectivity index (χ0v) is 14.8. The first-order chi connectivity index (χ1) is 12.1. The van der Waals surface area contributed by atoms with Gasteiger partial charge in [-0.2, -0.15) is 0 Å². The van der Waals surface area contributed by atoms with Gasteiger partial charge in [-0.15, -0.1) is 0 Å². The minimum absolute atomic E-state index is 0.0757. The molecule has 1 aliphatic heterocycles. The van der Waals surface area contributed by atoms with Gasteiger partial charge in [-0.25, -0.2) is 4.98 Å². The second-order valence-corrected chi connectivity index (χ2v) is 6.90. The number of para-hydroxylation sites is 2. The van der Waals surface area contributed by atoms with E-state index in [1.54, 1.807) is 0 Å². The molecule has 1 unspecified atom stereocenters. The van der Waals surface area contributed by atoms with Crippen LogP contribution in [0, 0.1) is 13.8 Å². The Hall–Kier alpha value is -2.56. The van der Waals surface area contributed by atoms with Crippen LogP contribution in [0.3, 0.4) is 0 Å². The topological polar surface area (TPSA) is 53.9 Å². The van der Waals surface area contributed by atoms with Crippen molar-refractivity contribution in [2.75, 3.05) is 6.54 Å². The summed E-state index contributed by atoms with van der Waals surface area (Å²) >= 11 is 0. The van der Waals surface area contributed by atoms with Gasteiger partial charge in [-0.1, -0.05) is 12.1 Å². The molecule has 0 aliphatic carbocycles. The number of aromatic amines is 1. The van der Waals surface area contributed by atoms with E-state index in [1.807, 2.05) is 29.2 Å². The van der Waals surface area contributed by atoms with Gasteiger partial charge < -0.3 is 14.5 Å². The molecule has 1 fully saturated rings. The Morgan fingerprint density at radius 3 is 2.72 bits per heavy atom. The fourth-order valence-corrected chi connectivity index (χ4v) is 3.88. The number of carbonyl (C=O) groups excluding carboxylic acids is 1. The SMILES string of the molecule is Cc1ccc(C)n1CCC(=O)N1CCCC1c1nc2ccccc2[nH]1. The van der Waals surface area contributed by atoms with Crippen LogP contribution in [0.1, 0.15) is 42.5 Å². The number of carbonyl (C=O) groups is 1. The van der Waals surface area contributed by atoms with E-state index in [-0.39, 0.29) is 11.9 Å². The highest BCUT2D eigenvalue weighted by atomic mass is 16.2. The minimum atomic E-state index is 0.0757. The Morgan fingerprint density at radius 1 is 1.20 bits per heavy atom. The van der Waals surface area contributed by atoms with Crippen LogP contribution in [-0.4, -0.2) is 31.9 Å². The maximum atomic E-state index is 12.8. The summed E-state index contributed by atoms with van der Waals surface area (Å²) in [5.41, 5.74) is 4.42. The predicted octanol–water partition coefficient (Wildman–Crippen LogP) is 3.74. The van der Waals surface area contributed by atoms with Crippen molar-refractivity contribution >= 4 is 16.9 Å². The first-order valence-corrected chi connectivity index (χ1v) is 9.00. The molecule has 3 aromatic rings. The fraction of sp³-hybridized carbons (Fsp3) is 0.400. The van der Waals surface area contributed by atoms with E-state index in [2.05, 4.69) is 35.5 Å². The van der Waals surface area contributed by atoms with E-state index in [0.29, 0.717) is 6.42 Å². The van der Waals surface area contributed by atoms with Crippen LogP contribution in [-0.2, 0) is 11.3 Å². The summed E-state index contributed by atoms with van der Waals surface area (Å²) in [5.74, 6) is 1.14. The molecule has 3 heterocycles. The molecule has 5 heteroatoms. The zero-order valence-electron chi connectivity index (χ0n) is 14.8. The van der Waals surface area contributed by atoms with Gasteiger partial charge in [0.05, 0.1) is 17.1 Å². The molecular formula is C20H24N4O. The van der Waals surface area contributed by atoms with Crippen molar-refractivity contribution in [3.8, 4) is 0 Å². The van der Waals surface area contributed by atoms with Gasteiger partial charge in [0.1, 0.15) is 5.82 Å². The van der Waals surface area contributed by atoms with Crippen molar-refractivity contribution in [1.82, 2.24) is 19.4 Å². The third-order valence-electron chi connectivity index (χ3n) is 5.26. The molecule has 130 valence electrons. The lowest BCUT2D eigenvalue weighted by Crippen LogP contribution is -2.31. The van der Waals surface area contributed by atoms with Gasteiger partial charge in [0.2, 0.25) is 5.91 Å². The Kier molecular flexibility index (Phi) is 4.07. The van der Waals surface area contributed by atoms with E-state index in [1.165, 1.54) is 11.4 Å². The first-order valence-electron chi connectivity index (χ1n) is 9.00. The summed E-state index contributed by atoms with van der Waals surface area (Å²) in [4.78, 5) is 22.9. The Balaban J connectivity index is 1.49. The summed E-state index contributed by atoms with van der Waals surface area (Å²) in [7, 11) is 0. The van der Waals surface area contributed by atoms with Crippen molar-refractivity contribution in [1.29, 1.82) is 0 Å². The molecule has 25 heavy (non-hydrogen) atoms. The molecule has 1 aromatic carbocycles. The van der Waals surface area contributed by atoms with Crippen molar-refractivity contribution in [2.24, 2.45) is 0 Å². The fourth-order valence-electron chi connectivity index (χ4n) is 3.88. The zero-order chi connectivity index (χ0) is 17.4. The van der Waals surface area contributed by atoms with Crippen LogP contribution in [0.5, 0.6) is 0 Å². The summed E-state index contributed by atoms with van der Waals surface area (Å²) in [6.45, 7) is 5.74. The summed E-state index contributed by atoms with van der Waals surface area (Å²) < 4.78 is 2.21. The molecule has 0 spiro atoms. The predicted molar refractivity (Wildman–Crippen MR) is 98.3 cm³/mol. The van der Waals surface area contributed by atoms with Crippen molar-refractivity contribution in [2.45, 2.75) is 45.7 Å². The van der Waals surface area contributed by atoms with Gasteiger partial charge in [-0.3, -0.25) is 4.79 Å². The maximum absolute atomic E-state index is 12.8. The molecule has 5 nitrogen and oxygen atoms in total. The quantitative estimate of drug-likeness (QED) is 0.789. The van der Waals surface area contributed by atoms with Gasteiger partial charge >= 0.3 is 0 Å². The van der Waals surface area contributed by atoms with Crippen LogP contribution in [0.2, 0.25) is 0 Å². The molecule has 1 atom stereocenters. The molecule has 4 rings (SSSR count). The summed E-state index contributed by atoms with van der Waals surface area (Å²) in [6, 6.07) is 12.3. The maximum Gasteiger partial charge on any atom is 0.224 e. The van der Waals surface area contributed by atoms with Crippen LogP contribution in [0.4, 0.5) is 0 Å². The van der Waals surface area contributed by atoms with E-state index in [9.17, 15) is 4.79 Å². The van der Waals surface area contributed by atoms with Crippen LogP contribution < -0.4 is 0 Å². The first kappa shape index (κ1) is 15.9. The minimum Gasteiger partial charge on any atom is -0.349 e. The normalized spacial score (nSPS) is 17.5. The number of aryl methyl sites for hydroxylation is 2. The van der Waals surface area contributed by atoms with Crippen molar-refractivity contribution in [3.05, 3.63) is 53.6 Å². The number of imidazole rings is 1. The number of likely N-dealkylation sites (tertiary alicyclic amines) is 1. The largest absolute Gasteiger partial charge is 0.349 e. The molecular weight excluding hydrogens is 312 g/mol. The molecule has 1 aliphatic rings. The van der Waals surface area contributed by atoms with E-state index >= 15 is 0 Å². The molecule has 1 amide bonds. The van der Waals surface area contributed by atoms with Crippen LogP contribution in [0.15, 0.2) is 36.4 Å². The monoisotopic (exact) mass is 336 g/mol. The Bertz CT molecular complexity index is 855. The number of hydrogen-bond donors (Lipinski definition) is 1. The number of fused-ring (bicyclic) bond motifs is 1. The lowest BCUT2D eigenvalue weighted by Gasteiger charge is -2.23. The number of amides is 1. The molecule has 2 aromatic heterocycles. The number of nitrogens with zero attached hydrogens (tertiary/aromatic N) is 3. The summed E-state index contributed by atoms with van der Waals surface area (Å²) in [6.07, 6.45) is 2.55. The lowest BCUT2D eigenvalue weighted by molar-refractivity contribution is -0.132. The van der Waals surface area contributed by atoms with Gasteiger partial charge in [0.15, 0.2) is 0 Å². The Labute approximate surface area is 147 Å². The highest BCUT2D eigenvalue weighted by molar-refractivity contribution is 5.78. The number of hydrogen-bond acceptors (Lipinski definition) is 2. The number of benzene rings is 1. The Morgan fingerprint density at radius 2 is 1.96 bits per heavy atom. The van der Waals surface area contributed by atoms with E-state index < -0.39 is 0 Å². The van der Waals surface area contributed by atoms with Crippen molar-refractivity contribution in [3.63, 3.8) is 0 Å². The smallest absolute Gasteiger partial charge is 0.224 e. The van der Waals surface area contributed by atoms with Crippen molar-refractivity contribution < 1.29 is 4.79 Å². The van der Waals surface area contributed by atoms with Gasteiger partial charge in [0, 0.05) is 30.9 Å². The number of H-pyrrole nitrogens is 1. The standard InChI is InChI=1S/C20H24N4O/c1-14-9-10-15(2)23(14)13-11-19(25)24-12-5-8-18(24)20-21-16-6-3-4-7-17(16)22-20/h3-4,6-7,9-10,18H,5,8,11-13H2,1-2H3,(H,21,22). The average Bonchev–Trinajstić information content (AvgIpc) is 3.31. The second-order valence-electron chi connectivity index (χ2n) is 6.90. The number of aromatic nitrogens is 3. The van der Waals surface area contributed by atoms with Crippen LogP contribution >= 0.6 is 0 Å². The lowest BCUT2D eigenvalue weighted by atomic mass is 10.2. The number of rotatable bonds is 4. The molecule has 0 radical (unpaired) electrons. The summed E-state index contributed by atoms with van der Waals surface area (Å²) in [5, 5.41) is 0. The van der Waals surface area contributed by atoms with Gasteiger partial charge in [-0.05, 0) is 51.0 Å². The third-order valence-corrected chi connectivity index (χ3v) is 5.26. The van der Waals surface area contributed by atoms with E-state index in [4.69, 9.17) is 4.98 Å². The van der Waals surface area contributed by atoms with E-state index in [0.717, 1.165) is 42.8 Å². The molecule has 1 saturated heterocycles. The highest BCUT2D eigenvalue weighted by Gasteiger charge is 2.31.